The van der Waals surface area contributed by atoms with Crippen LogP contribution < -0.4 is 10.1 Å². The van der Waals surface area contributed by atoms with Crippen LogP contribution in [0.1, 0.15) is 30.0 Å². The summed E-state index contributed by atoms with van der Waals surface area (Å²) in [6.07, 6.45) is 4.36. The van der Waals surface area contributed by atoms with Crippen LogP contribution in [0.25, 0.3) is 0 Å². The summed E-state index contributed by atoms with van der Waals surface area (Å²) in [5, 5.41) is 2.98. The highest BCUT2D eigenvalue weighted by molar-refractivity contribution is 5.84. The lowest BCUT2D eigenvalue weighted by molar-refractivity contribution is -0.141. The molecular formula is C20H23N3O3. The van der Waals surface area contributed by atoms with Crippen LogP contribution in [0.3, 0.4) is 0 Å². The third-order valence-corrected chi connectivity index (χ3v) is 4.84. The monoisotopic (exact) mass is 353 g/mol. The number of carbonyl (C=O) groups is 2. The molecule has 1 N–H and O–H groups in total. The van der Waals surface area contributed by atoms with E-state index in [1.54, 1.807) is 31.5 Å². The van der Waals surface area contributed by atoms with Crippen molar-refractivity contribution in [1.82, 2.24) is 15.2 Å². The van der Waals surface area contributed by atoms with E-state index < -0.39 is 0 Å². The Balaban J connectivity index is 1.78. The van der Waals surface area contributed by atoms with E-state index in [0.29, 0.717) is 19.4 Å². The van der Waals surface area contributed by atoms with Crippen LogP contribution in [0.2, 0.25) is 0 Å². The van der Waals surface area contributed by atoms with Gasteiger partial charge < -0.3 is 15.0 Å². The van der Waals surface area contributed by atoms with Gasteiger partial charge in [0.15, 0.2) is 0 Å². The molecule has 0 aliphatic carbocycles. The van der Waals surface area contributed by atoms with E-state index >= 15 is 0 Å². The van der Waals surface area contributed by atoms with Crippen molar-refractivity contribution in [3.05, 3.63) is 59.9 Å². The first kappa shape index (κ1) is 17.9. The number of nitrogens with one attached hydrogen (secondary N) is 1. The average molecular weight is 353 g/mol. The van der Waals surface area contributed by atoms with E-state index in [1.165, 1.54) is 0 Å². The largest absolute Gasteiger partial charge is 0.497 e. The maximum absolute atomic E-state index is 12.8. The Hall–Kier alpha value is -2.89. The topological polar surface area (TPSA) is 71.5 Å². The number of nitrogens with zero attached hydrogens (tertiary/aromatic N) is 2. The minimum atomic E-state index is -0.289. The second-order valence-corrected chi connectivity index (χ2v) is 6.45. The van der Waals surface area contributed by atoms with Gasteiger partial charge in [0, 0.05) is 32.4 Å². The molecule has 0 spiro atoms. The summed E-state index contributed by atoms with van der Waals surface area (Å²) < 4.78 is 5.20. The van der Waals surface area contributed by atoms with Gasteiger partial charge in [-0.1, -0.05) is 18.2 Å². The van der Waals surface area contributed by atoms with Crippen molar-refractivity contribution in [2.24, 2.45) is 5.92 Å². The molecule has 2 heterocycles. The van der Waals surface area contributed by atoms with E-state index in [9.17, 15) is 9.59 Å². The SMILES string of the molecule is COc1ccc([C@@H]2[C@H](C(=O)NCc3cccnc3)CCC(=O)N2C)cc1. The fourth-order valence-corrected chi connectivity index (χ4v) is 3.39. The molecule has 6 nitrogen and oxygen atoms in total. The second kappa shape index (κ2) is 7.99. The van der Waals surface area contributed by atoms with Crippen molar-refractivity contribution >= 4 is 11.8 Å². The Morgan fingerprint density at radius 3 is 2.73 bits per heavy atom. The molecule has 1 aromatic heterocycles. The predicted molar refractivity (Wildman–Crippen MR) is 97.3 cm³/mol. The van der Waals surface area contributed by atoms with Gasteiger partial charge >= 0.3 is 0 Å². The van der Waals surface area contributed by atoms with Gasteiger partial charge in [0.2, 0.25) is 11.8 Å². The number of carbonyl (C=O) groups excluding carboxylic acids is 2. The number of rotatable bonds is 5. The fourth-order valence-electron chi connectivity index (χ4n) is 3.39. The number of hydrogen-bond acceptors (Lipinski definition) is 4. The highest BCUT2D eigenvalue weighted by Gasteiger charge is 2.38. The first-order valence-corrected chi connectivity index (χ1v) is 8.66. The minimum absolute atomic E-state index is 0.0472. The normalized spacial score (nSPS) is 19.9. The van der Waals surface area contributed by atoms with Crippen LogP contribution in [0.15, 0.2) is 48.8 Å². The van der Waals surface area contributed by atoms with Gasteiger partial charge in [-0.2, -0.15) is 0 Å². The van der Waals surface area contributed by atoms with E-state index in [2.05, 4.69) is 10.3 Å². The molecule has 0 saturated carbocycles. The Morgan fingerprint density at radius 2 is 2.08 bits per heavy atom. The molecule has 26 heavy (non-hydrogen) atoms. The molecule has 136 valence electrons. The summed E-state index contributed by atoms with van der Waals surface area (Å²) >= 11 is 0. The van der Waals surface area contributed by atoms with Crippen molar-refractivity contribution in [3.63, 3.8) is 0 Å². The molecule has 1 saturated heterocycles. The van der Waals surface area contributed by atoms with Gasteiger partial charge in [0.05, 0.1) is 19.1 Å². The van der Waals surface area contributed by atoms with E-state index in [1.807, 2.05) is 36.4 Å². The predicted octanol–water partition coefficient (Wildman–Crippen LogP) is 2.32. The summed E-state index contributed by atoms with van der Waals surface area (Å²) in [5.74, 6) is 0.468. The van der Waals surface area contributed by atoms with Gasteiger partial charge in [-0.15, -0.1) is 0 Å². The summed E-state index contributed by atoms with van der Waals surface area (Å²) in [4.78, 5) is 30.8. The Kier molecular flexibility index (Phi) is 5.51. The molecule has 2 aromatic rings. The maximum Gasteiger partial charge on any atom is 0.225 e. The van der Waals surface area contributed by atoms with Gasteiger partial charge in [-0.25, -0.2) is 0 Å². The zero-order valence-corrected chi connectivity index (χ0v) is 15.0. The van der Waals surface area contributed by atoms with Crippen molar-refractivity contribution in [1.29, 1.82) is 0 Å². The van der Waals surface area contributed by atoms with E-state index in [-0.39, 0.29) is 23.8 Å². The molecule has 1 aromatic carbocycles. The molecule has 3 rings (SSSR count). The number of piperidine rings is 1. The Morgan fingerprint density at radius 1 is 1.31 bits per heavy atom. The third-order valence-electron chi connectivity index (χ3n) is 4.84. The number of methoxy groups -OCH3 is 1. The number of amides is 2. The number of benzene rings is 1. The quantitative estimate of drug-likeness (QED) is 0.895. The molecule has 1 aliphatic rings. The molecule has 6 heteroatoms. The number of aromatic nitrogens is 1. The number of hydrogen-bond donors (Lipinski definition) is 1. The smallest absolute Gasteiger partial charge is 0.225 e. The summed E-state index contributed by atoms with van der Waals surface area (Å²) in [5.41, 5.74) is 1.88. The van der Waals surface area contributed by atoms with Crippen molar-refractivity contribution in [2.45, 2.75) is 25.4 Å². The maximum atomic E-state index is 12.8. The molecule has 2 amide bonds. The standard InChI is InChI=1S/C20H23N3O3/c1-23-18(24)10-9-17(19(23)15-5-7-16(26-2)8-6-15)20(25)22-13-14-4-3-11-21-12-14/h3-8,11-12,17,19H,9-10,13H2,1-2H3,(H,22,25)/t17-,19-/m1/s1. The zero-order chi connectivity index (χ0) is 18.5. The molecule has 0 unspecified atom stereocenters. The lowest BCUT2D eigenvalue weighted by atomic mass is 9.84. The third kappa shape index (κ3) is 3.85. The summed E-state index contributed by atoms with van der Waals surface area (Å²) in [7, 11) is 3.37. The van der Waals surface area contributed by atoms with Crippen LogP contribution in [-0.2, 0) is 16.1 Å². The van der Waals surface area contributed by atoms with Crippen LogP contribution >= 0.6 is 0 Å². The number of ether oxygens (including phenoxy) is 1. The summed E-state index contributed by atoms with van der Waals surface area (Å²) in [6.45, 7) is 0.427. The van der Waals surface area contributed by atoms with Crippen LogP contribution in [0, 0.1) is 5.92 Å². The van der Waals surface area contributed by atoms with Crippen molar-refractivity contribution < 1.29 is 14.3 Å². The summed E-state index contributed by atoms with van der Waals surface area (Å²) in [6, 6.07) is 11.0. The van der Waals surface area contributed by atoms with Crippen LogP contribution in [0.5, 0.6) is 5.75 Å². The Bertz CT molecular complexity index is 762. The van der Waals surface area contributed by atoms with E-state index in [4.69, 9.17) is 4.74 Å². The Labute approximate surface area is 153 Å². The first-order chi connectivity index (χ1) is 12.6. The average Bonchev–Trinajstić information content (AvgIpc) is 2.69. The molecule has 1 fully saturated rings. The highest BCUT2D eigenvalue weighted by atomic mass is 16.5. The molecule has 2 atom stereocenters. The van der Waals surface area contributed by atoms with Crippen LogP contribution in [0.4, 0.5) is 0 Å². The number of pyridine rings is 1. The lowest BCUT2D eigenvalue weighted by Gasteiger charge is -2.38. The molecule has 0 radical (unpaired) electrons. The highest BCUT2D eigenvalue weighted by Crippen LogP contribution is 2.36. The fraction of sp³-hybridized carbons (Fsp3) is 0.350. The van der Waals surface area contributed by atoms with Gasteiger partial charge in [0.25, 0.3) is 0 Å². The second-order valence-electron chi connectivity index (χ2n) is 6.45. The van der Waals surface area contributed by atoms with Crippen molar-refractivity contribution in [3.8, 4) is 5.75 Å². The van der Waals surface area contributed by atoms with Crippen molar-refractivity contribution in [2.75, 3.05) is 14.2 Å². The van der Waals surface area contributed by atoms with E-state index in [0.717, 1.165) is 16.9 Å². The molecule has 1 aliphatic heterocycles. The van der Waals surface area contributed by atoms with Gasteiger partial charge in [0.1, 0.15) is 5.75 Å². The lowest BCUT2D eigenvalue weighted by Crippen LogP contribution is -2.46. The minimum Gasteiger partial charge on any atom is -0.497 e. The van der Waals surface area contributed by atoms with Gasteiger partial charge in [-0.05, 0) is 35.7 Å². The zero-order valence-electron chi connectivity index (χ0n) is 15.0. The first-order valence-electron chi connectivity index (χ1n) is 8.66. The van der Waals surface area contributed by atoms with Gasteiger partial charge in [-0.3, -0.25) is 14.6 Å². The van der Waals surface area contributed by atoms with Crippen LogP contribution in [-0.4, -0.2) is 35.9 Å². The number of likely N-dealkylation sites (tertiary alicyclic amines) is 1. The molecular weight excluding hydrogens is 330 g/mol. The molecule has 0 bridgehead atoms.